The fourth-order valence-corrected chi connectivity index (χ4v) is 4.51. The Morgan fingerprint density at radius 2 is 1.55 bits per heavy atom. The zero-order valence-electron chi connectivity index (χ0n) is 19.5. The van der Waals surface area contributed by atoms with Crippen LogP contribution in [-0.4, -0.2) is 58.0 Å². The van der Waals surface area contributed by atoms with Crippen LogP contribution in [0.5, 0.6) is 0 Å². The van der Waals surface area contributed by atoms with Gasteiger partial charge in [-0.05, 0) is 37.6 Å². The predicted octanol–water partition coefficient (Wildman–Crippen LogP) is 2.86. The molecule has 1 rings (SSSR count). The number of nitrogens with zero attached hydrogens (tertiary/aromatic N) is 3. The molecule has 0 aromatic rings. The molecule has 3 N–H and O–H groups in total. The Hall–Kier alpha value is -1.67. The SMILES string of the molecule is CC1CC(C)C(O)C(C)C(O)C(C)C(=O)OC(CCCN=[N+]=[N-])C(C)C(O)C(C)C1=O. The van der Waals surface area contributed by atoms with Crippen LogP contribution >= 0.6 is 0 Å². The smallest absolute Gasteiger partial charge is 0.311 e. The van der Waals surface area contributed by atoms with Crippen LogP contribution < -0.4 is 0 Å². The zero-order valence-corrected chi connectivity index (χ0v) is 19.5. The van der Waals surface area contributed by atoms with Crippen LogP contribution in [0.15, 0.2) is 5.11 Å². The third-order valence-corrected chi connectivity index (χ3v) is 6.92. The molecule has 1 heterocycles. The molecule has 0 aromatic carbocycles. The second-order valence-electron chi connectivity index (χ2n) is 9.36. The van der Waals surface area contributed by atoms with Gasteiger partial charge in [0, 0.05) is 35.1 Å². The van der Waals surface area contributed by atoms with Gasteiger partial charge in [-0.25, -0.2) is 0 Å². The van der Waals surface area contributed by atoms with Crippen LogP contribution in [0.1, 0.15) is 60.8 Å². The normalized spacial score (nSPS) is 41.1. The highest BCUT2D eigenvalue weighted by Crippen LogP contribution is 2.31. The molecule has 10 unspecified atom stereocenters. The monoisotopic (exact) mass is 441 g/mol. The Bertz CT molecular complexity index is 653. The Morgan fingerprint density at radius 3 is 2.13 bits per heavy atom. The average Bonchev–Trinajstić information content (AvgIpc) is 2.75. The van der Waals surface area contributed by atoms with Crippen molar-refractivity contribution in [2.75, 3.05) is 6.54 Å². The zero-order chi connectivity index (χ0) is 23.9. The molecule has 9 nitrogen and oxygen atoms in total. The van der Waals surface area contributed by atoms with E-state index in [1.54, 1.807) is 34.6 Å². The Kier molecular flexibility index (Phi) is 10.9. The van der Waals surface area contributed by atoms with Gasteiger partial charge in [0.15, 0.2) is 0 Å². The summed E-state index contributed by atoms with van der Waals surface area (Å²) in [5, 5.41) is 35.8. The van der Waals surface area contributed by atoms with E-state index in [1.807, 2.05) is 6.92 Å². The molecule has 9 heteroatoms. The van der Waals surface area contributed by atoms with E-state index in [-0.39, 0.29) is 24.2 Å². The van der Waals surface area contributed by atoms with E-state index in [9.17, 15) is 24.9 Å². The number of aliphatic hydroxyl groups excluding tert-OH is 3. The minimum absolute atomic E-state index is 0.115. The molecular formula is C22H39N3O6. The molecule has 31 heavy (non-hydrogen) atoms. The molecule has 0 amide bonds. The Balaban J connectivity index is 3.24. The fraction of sp³-hybridized carbons (Fsp3) is 0.909. The van der Waals surface area contributed by atoms with Crippen LogP contribution in [0.25, 0.3) is 10.4 Å². The van der Waals surface area contributed by atoms with E-state index in [0.717, 1.165) is 0 Å². The molecule has 1 fully saturated rings. The minimum Gasteiger partial charge on any atom is -0.462 e. The second-order valence-corrected chi connectivity index (χ2v) is 9.36. The van der Waals surface area contributed by atoms with Crippen molar-refractivity contribution in [3.63, 3.8) is 0 Å². The Labute approximate surface area is 184 Å². The molecule has 0 saturated carbocycles. The quantitative estimate of drug-likeness (QED) is 0.200. The summed E-state index contributed by atoms with van der Waals surface area (Å²) >= 11 is 0. The summed E-state index contributed by atoms with van der Waals surface area (Å²) in [6.07, 6.45) is -2.56. The standard InChI is InChI=1S/C22H39N3O6/c1-11-10-12(2)19(27)15(5)21(29)16(6)22(30)31-17(8-7-9-24-25-23)13(3)20(28)14(4)18(11)26/h11-17,19-21,27-29H,7-10H2,1-6H3. The second kappa shape index (κ2) is 12.4. The van der Waals surface area contributed by atoms with E-state index < -0.39 is 54.1 Å². The number of rotatable bonds is 4. The average molecular weight is 442 g/mol. The molecule has 0 aliphatic carbocycles. The number of ketones is 1. The van der Waals surface area contributed by atoms with Crippen molar-refractivity contribution < 1.29 is 29.6 Å². The van der Waals surface area contributed by atoms with Crippen LogP contribution in [0.4, 0.5) is 0 Å². The van der Waals surface area contributed by atoms with Gasteiger partial charge in [0.05, 0.1) is 24.2 Å². The number of esters is 1. The third-order valence-electron chi connectivity index (χ3n) is 6.92. The number of Topliss-reactive ketones (excluding diaryl/α,β-unsaturated/α-hetero) is 1. The number of azide groups is 1. The van der Waals surface area contributed by atoms with E-state index in [2.05, 4.69) is 10.0 Å². The van der Waals surface area contributed by atoms with Crippen LogP contribution in [0.2, 0.25) is 0 Å². The Morgan fingerprint density at radius 1 is 0.968 bits per heavy atom. The number of carbonyl (C=O) groups excluding carboxylic acids is 2. The molecule has 178 valence electrons. The van der Waals surface area contributed by atoms with Gasteiger partial charge in [-0.3, -0.25) is 9.59 Å². The highest BCUT2D eigenvalue weighted by molar-refractivity contribution is 5.83. The van der Waals surface area contributed by atoms with Gasteiger partial charge in [-0.2, -0.15) is 0 Å². The predicted molar refractivity (Wildman–Crippen MR) is 116 cm³/mol. The topological polar surface area (TPSA) is 153 Å². The van der Waals surface area contributed by atoms with E-state index >= 15 is 0 Å². The van der Waals surface area contributed by atoms with Crippen molar-refractivity contribution in [3.8, 4) is 0 Å². The number of hydrogen-bond acceptors (Lipinski definition) is 7. The lowest BCUT2D eigenvalue weighted by molar-refractivity contribution is -0.166. The number of hydrogen-bond donors (Lipinski definition) is 3. The summed E-state index contributed by atoms with van der Waals surface area (Å²) < 4.78 is 5.68. The first-order valence-electron chi connectivity index (χ1n) is 11.2. The van der Waals surface area contributed by atoms with Gasteiger partial charge < -0.3 is 20.1 Å². The highest BCUT2D eigenvalue weighted by atomic mass is 16.5. The molecular weight excluding hydrogens is 402 g/mol. The third kappa shape index (κ3) is 7.17. The van der Waals surface area contributed by atoms with Crippen LogP contribution in [0, 0.1) is 35.5 Å². The van der Waals surface area contributed by atoms with Gasteiger partial charge in [0.2, 0.25) is 0 Å². The molecule has 0 bridgehead atoms. The van der Waals surface area contributed by atoms with Crippen LogP contribution in [-0.2, 0) is 14.3 Å². The summed E-state index contributed by atoms with van der Waals surface area (Å²) in [5.74, 6) is -4.06. The lowest BCUT2D eigenvalue weighted by Gasteiger charge is -2.36. The molecule has 10 atom stereocenters. The molecule has 1 aliphatic rings. The summed E-state index contributed by atoms with van der Waals surface area (Å²) in [6, 6.07) is 0. The maximum Gasteiger partial charge on any atom is 0.311 e. The number of carbonyl (C=O) groups is 2. The van der Waals surface area contributed by atoms with Crippen molar-refractivity contribution in [2.45, 2.75) is 85.2 Å². The van der Waals surface area contributed by atoms with Crippen LogP contribution in [0.3, 0.4) is 0 Å². The van der Waals surface area contributed by atoms with Gasteiger partial charge in [-0.15, -0.1) is 0 Å². The lowest BCUT2D eigenvalue weighted by Crippen LogP contribution is -2.45. The maximum atomic E-state index is 12.9. The largest absolute Gasteiger partial charge is 0.462 e. The molecule has 0 radical (unpaired) electrons. The van der Waals surface area contributed by atoms with E-state index in [0.29, 0.717) is 19.3 Å². The molecule has 1 aliphatic heterocycles. The molecule has 0 spiro atoms. The van der Waals surface area contributed by atoms with Crippen molar-refractivity contribution >= 4 is 11.8 Å². The maximum absolute atomic E-state index is 12.9. The highest BCUT2D eigenvalue weighted by Gasteiger charge is 2.40. The molecule has 0 aromatic heterocycles. The first-order valence-corrected chi connectivity index (χ1v) is 11.2. The summed E-state index contributed by atoms with van der Waals surface area (Å²) in [7, 11) is 0. The van der Waals surface area contributed by atoms with E-state index in [1.165, 1.54) is 0 Å². The van der Waals surface area contributed by atoms with Crippen molar-refractivity contribution in [2.24, 2.45) is 40.6 Å². The summed E-state index contributed by atoms with van der Waals surface area (Å²) in [4.78, 5) is 28.4. The first kappa shape index (κ1) is 27.4. The molecule has 1 saturated heterocycles. The van der Waals surface area contributed by atoms with Crippen molar-refractivity contribution in [1.29, 1.82) is 0 Å². The fourth-order valence-electron chi connectivity index (χ4n) is 4.51. The minimum atomic E-state index is -1.12. The number of cyclic esters (lactones) is 1. The van der Waals surface area contributed by atoms with Crippen molar-refractivity contribution in [3.05, 3.63) is 10.4 Å². The van der Waals surface area contributed by atoms with Gasteiger partial charge >= 0.3 is 5.97 Å². The van der Waals surface area contributed by atoms with Crippen molar-refractivity contribution in [1.82, 2.24) is 0 Å². The van der Waals surface area contributed by atoms with E-state index in [4.69, 9.17) is 10.3 Å². The van der Waals surface area contributed by atoms with Gasteiger partial charge in [0.25, 0.3) is 0 Å². The lowest BCUT2D eigenvalue weighted by atomic mass is 9.77. The number of ether oxygens (including phenoxy) is 1. The number of aliphatic hydroxyl groups is 3. The first-order chi connectivity index (χ1) is 14.4. The van der Waals surface area contributed by atoms with Gasteiger partial charge in [-0.1, -0.05) is 39.7 Å². The summed E-state index contributed by atoms with van der Waals surface area (Å²) in [6.45, 7) is 10.5. The van der Waals surface area contributed by atoms with Gasteiger partial charge in [0.1, 0.15) is 11.9 Å². The summed E-state index contributed by atoms with van der Waals surface area (Å²) in [5.41, 5.74) is 8.46.